The predicted molar refractivity (Wildman–Crippen MR) is 53.2 cm³/mol. The summed E-state index contributed by atoms with van der Waals surface area (Å²) in [4.78, 5) is 3.94. The number of aromatic nitrogens is 2. The highest BCUT2D eigenvalue weighted by molar-refractivity contribution is 5.78. The Labute approximate surface area is 80.3 Å². The average molecular weight is 194 g/mol. The zero-order chi connectivity index (χ0) is 10.1. The van der Waals surface area contributed by atoms with Crippen molar-refractivity contribution < 1.29 is 4.39 Å². The maximum absolute atomic E-state index is 13.3. The normalized spacial score (nSPS) is 11.0. The first-order chi connectivity index (χ1) is 6.74. The number of hydrogen-bond donors (Lipinski definition) is 2. The van der Waals surface area contributed by atoms with E-state index in [-0.39, 0.29) is 5.82 Å². The Morgan fingerprint density at radius 1 is 1.43 bits per heavy atom. The minimum Gasteiger partial charge on any atom is -0.369 e. The first-order valence-electron chi connectivity index (χ1n) is 4.34. The van der Waals surface area contributed by atoms with Gasteiger partial charge in [0.05, 0.1) is 5.52 Å². The van der Waals surface area contributed by atoms with Crippen molar-refractivity contribution in [1.29, 1.82) is 0 Å². The van der Waals surface area contributed by atoms with Crippen LogP contribution in [-0.2, 0) is 6.54 Å². The van der Waals surface area contributed by atoms with Gasteiger partial charge in [-0.05, 0) is 12.1 Å². The lowest BCUT2D eigenvalue weighted by Crippen LogP contribution is -2.11. The summed E-state index contributed by atoms with van der Waals surface area (Å²) in [6.45, 7) is 0.998. The van der Waals surface area contributed by atoms with E-state index in [2.05, 4.69) is 4.98 Å². The first-order valence-corrected chi connectivity index (χ1v) is 4.34. The Kier molecular flexibility index (Phi) is 2.09. The zero-order valence-electron chi connectivity index (χ0n) is 7.57. The third kappa shape index (κ3) is 1.22. The van der Waals surface area contributed by atoms with E-state index < -0.39 is 0 Å². The van der Waals surface area contributed by atoms with Gasteiger partial charge in [-0.2, -0.15) is 0 Å². The Bertz CT molecular complexity index is 463. The van der Waals surface area contributed by atoms with Crippen LogP contribution in [0, 0.1) is 5.82 Å². The second kappa shape index (κ2) is 3.26. The summed E-state index contributed by atoms with van der Waals surface area (Å²) < 4.78 is 15.0. The molecule has 14 heavy (non-hydrogen) atoms. The van der Waals surface area contributed by atoms with Gasteiger partial charge >= 0.3 is 0 Å². The number of imidazole rings is 1. The second-order valence-corrected chi connectivity index (χ2v) is 3.02. The van der Waals surface area contributed by atoms with Crippen molar-refractivity contribution in [3.8, 4) is 0 Å². The smallest absolute Gasteiger partial charge is 0.201 e. The minimum atomic E-state index is -0.357. The van der Waals surface area contributed by atoms with Crippen LogP contribution in [0.5, 0.6) is 0 Å². The third-order valence-corrected chi connectivity index (χ3v) is 2.11. The molecule has 5 heteroatoms. The molecule has 0 amide bonds. The van der Waals surface area contributed by atoms with Crippen molar-refractivity contribution in [3.63, 3.8) is 0 Å². The van der Waals surface area contributed by atoms with Gasteiger partial charge in [0.15, 0.2) is 5.82 Å². The maximum Gasteiger partial charge on any atom is 0.201 e. The Morgan fingerprint density at radius 2 is 2.21 bits per heavy atom. The molecule has 0 fully saturated rings. The molecule has 4 N–H and O–H groups in total. The van der Waals surface area contributed by atoms with Crippen LogP contribution in [0.4, 0.5) is 10.3 Å². The van der Waals surface area contributed by atoms with Crippen LogP contribution in [0.1, 0.15) is 0 Å². The highest BCUT2D eigenvalue weighted by Gasteiger charge is 2.09. The zero-order valence-corrected chi connectivity index (χ0v) is 7.57. The molecule has 1 aromatic heterocycles. The molecule has 2 aromatic rings. The van der Waals surface area contributed by atoms with Gasteiger partial charge in [-0.3, -0.25) is 0 Å². The average Bonchev–Trinajstić information content (AvgIpc) is 2.47. The molecular weight excluding hydrogens is 183 g/mol. The largest absolute Gasteiger partial charge is 0.369 e. The number of para-hydroxylation sites is 1. The summed E-state index contributed by atoms with van der Waals surface area (Å²) in [6.07, 6.45) is 0. The summed E-state index contributed by atoms with van der Waals surface area (Å²) in [7, 11) is 0. The lowest BCUT2D eigenvalue weighted by atomic mass is 10.3. The standard InChI is InChI=1S/C9H11FN4/c10-6-2-1-3-7-8(6)13-9(12)14(7)5-4-11/h1-3H,4-5,11H2,(H2,12,13). The fraction of sp³-hybridized carbons (Fsp3) is 0.222. The Balaban J connectivity index is 2.70. The van der Waals surface area contributed by atoms with E-state index in [1.165, 1.54) is 6.07 Å². The first kappa shape index (κ1) is 8.96. The topological polar surface area (TPSA) is 69.9 Å². The van der Waals surface area contributed by atoms with Crippen molar-refractivity contribution in [2.24, 2.45) is 5.73 Å². The molecule has 4 nitrogen and oxygen atoms in total. The van der Waals surface area contributed by atoms with E-state index in [4.69, 9.17) is 11.5 Å². The maximum atomic E-state index is 13.3. The SMILES string of the molecule is NCCn1c(N)nc2c(F)cccc21. The molecule has 0 saturated carbocycles. The van der Waals surface area contributed by atoms with Crippen LogP contribution in [-0.4, -0.2) is 16.1 Å². The van der Waals surface area contributed by atoms with Crippen LogP contribution >= 0.6 is 0 Å². The second-order valence-electron chi connectivity index (χ2n) is 3.02. The van der Waals surface area contributed by atoms with Gasteiger partial charge in [0.1, 0.15) is 5.52 Å². The van der Waals surface area contributed by atoms with Crippen molar-refractivity contribution in [1.82, 2.24) is 9.55 Å². The molecule has 2 rings (SSSR count). The molecule has 0 aliphatic rings. The van der Waals surface area contributed by atoms with Crippen LogP contribution in [0.15, 0.2) is 18.2 Å². The third-order valence-electron chi connectivity index (χ3n) is 2.11. The predicted octanol–water partition coefficient (Wildman–Crippen LogP) is 0.716. The lowest BCUT2D eigenvalue weighted by Gasteiger charge is -2.02. The van der Waals surface area contributed by atoms with Gasteiger partial charge in [-0.25, -0.2) is 9.37 Å². The molecule has 74 valence electrons. The summed E-state index contributed by atoms with van der Waals surface area (Å²) in [6, 6.07) is 4.77. The molecule has 1 aromatic carbocycles. The summed E-state index contributed by atoms with van der Waals surface area (Å²) >= 11 is 0. The van der Waals surface area contributed by atoms with Crippen molar-refractivity contribution in [2.75, 3.05) is 12.3 Å². The number of nitrogen functional groups attached to an aromatic ring is 1. The summed E-state index contributed by atoms with van der Waals surface area (Å²) in [5.41, 5.74) is 12.0. The van der Waals surface area contributed by atoms with Gasteiger partial charge < -0.3 is 16.0 Å². The quantitative estimate of drug-likeness (QED) is 0.739. The number of rotatable bonds is 2. The number of nitrogens with two attached hydrogens (primary N) is 2. The van der Waals surface area contributed by atoms with Crippen LogP contribution in [0.3, 0.4) is 0 Å². The molecule has 1 heterocycles. The highest BCUT2D eigenvalue weighted by Crippen LogP contribution is 2.19. The van der Waals surface area contributed by atoms with Crippen molar-refractivity contribution >= 4 is 17.0 Å². The van der Waals surface area contributed by atoms with E-state index in [0.717, 1.165) is 0 Å². The fourth-order valence-electron chi connectivity index (χ4n) is 1.49. The van der Waals surface area contributed by atoms with E-state index in [1.807, 2.05) is 0 Å². The van der Waals surface area contributed by atoms with Gasteiger partial charge in [-0.15, -0.1) is 0 Å². The van der Waals surface area contributed by atoms with Crippen molar-refractivity contribution in [3.05, 3.63) is 24.0 Å². The lowest BCUT2D eigenvalue weighted by molar-refractivity contribution is 0.637. The van der Waals surface area contributed by atoms with E-state index in [9.17, 15) is 4.39 Å². The number of anilines is 1. The van der Waals surface area contributed by atoms with Crippen LogP contribution in [0.2, 0.25) is 0 Å². The van der Waals surface area contributed by atoms with Gasteiger partial charge in [0, 0.05) is 13.1 Å². The molecule has 0 aliphatic heterocycles. The fourth-order valence-corrected chi connectivity index (χ4v) is 1.49. The molecule has 0 saturated heterocycles. The number of fused-ring (bicyclic) bond motifs is 1. The molecule has 0 atom stereocenters. The van der Waals surface area contributed by atoms with E-state index in [1.54, 1.807) is 16.7 Å². The van der Waals surface area contributed by atoms with Gasteiger partial charge in [0.2, 0.25) is 5.95 Å². The number of hydrogen-bond acceptors (Lipinski definition) is 3. The van der Waals surface area contributed by atoms with Crippen molar-refractivity contribution in [2.45, 2.75) is 6.54 Å². The number of benzene rings is 1. The van der Waals surface area contributed by atoms with Gasteiger partial charge in [0.25, 0.3) is 0 Å². The summed E-state index contributed by atoms with van der Waals surface area (Å²) in [5.74, 6) is -0.0551. The summed E-state index contributed by atoms with van der Waals surface area (Å²) in [5, 5.41) is 0. The number of nitrogens with zero attached hydrogens (tertiary/aromatic N) is 2. The molecule has 0 aliphatic carbocycles. The van der Waals surface area contributed by atoms with Gasteiger partial charge in [-0.1, -0.05) is 6.07 Å². The van der Waals surface area contributed by atoms with E-state index >= 15 is 0 Å². The Morgan fingerprint density at radius 3 is 2.93 bits per heavy atom. The molecule has 0 radical (unpaired) electrons. The number of halogens is 1. The minimum absolute atomic E-state index is 0.301. The highest BCUT2D eigenvalue weighted by atomic mass is 19.1. The molecule has 0 spiro atoms. The molecule has 0 bridgehead atoms. The van der Waals surface area contributed by atoms with Crippen LogP contribution in [0.25, 0.3) is 11.0 Å². The molecular formula is C9H11FN4. The molecule has 0 unspecified atom stereocenters. The monoisotopic (exact) mass is 194 g/mol. The van der Waals surface area contributed by atoms with E-state index in [0.29, 0.717) is 30.1 Å². The van der Waals surface area contributed by atoms with Crippen LogP contribution < -0.4 is 11.5 Å². The Hall–Kier alpha value is -1.62.